The lowest BCUT2D eigenvalue weighted by Gasteiger charge is -2.33. The highest BCUT2D eigenvalue weighted by atomic mass is 16.6. The number of hydrogen-bond donors (Lipinski definition) is 2. The number of anilines is 1. The summed E-state index contributed by atoms with van der Waals surface area (Å²) >= 11 is 0. The molecule has 1 aliphatic carbocycles. The van der Waals surface area contributed by atoms with E-state index >= 15 is 0 Å². The minimum absolute atomic E-state index is 0.0900. The fraction of sp³-hybridized carbons (Fsp3) is 0.500. The maximum atomic E-state index is 10.7. The first-order valence-electron chi connectivity index (χ1n) is 7.32. The molecular formula is C16H23N3O2. The second kappa shape index (κ2) is 6.16. The van der Waals surface area contributed by atoms with Gasteiger partial charge in [-0.05, 0) is 36.7 Å². The van der Waals surface area contributed by atoms with Crippen molar-refractivity contribution in [1.82, 2.24) is 5.43 Å². The van der Waals surface area contributed by atoms with Crippen LogP contribution in [0.3, 0.4) is 0 Å². The largest absolute Gasteiger partial charge is 0.305 e. The Morgan fingerprint density at radius 3 is 2.62 bits per heavy atom. The van der Waals surface area contributed by atoms with Crippen LogP contribution in [0.1, 0.15) is 40.0 Å². The number of nitrogens with zero attached hydrogens (tertiary/aromatic N) is 1. The normalized spacial score (nSPS) is 18.8. The molecule has 2 rings (SSSR count). The Morgan fingerprint density at radius 1 is 1.29 bits per heavy atom. The highest BCUT2D eigenvalue weighted by Crippen LogP contribution is 2.36. The van der Waals surface area contributed by atoms with Crippen molar-refractivity contribution in [2.75, 3.05) is 5.43 Å². The second-order valence-corrected chi connectivity index (χ2v) is 6.62. The fourth-order valence-corrected chi connectivity index (χ4v) is 2.58. The zero-order valence-corrected chi connectivity index (χ0v) is 12.8. The molecule has 0 spiro atoms. The van der Waals surface area contributed by atoms with Gasteiger partial charge in [0.15, 0.2) is 0 Å². The number of nitrogens with one attached hydrogen (secondary N) is 2. The van der Waals surface area contributed by atoms with E-state index in [2.05, 4.69) is 37.7 Å². The van der Waals surface area contributed by atoms with Gasteiger partial charge in [-0.3, -0.25) is 10.1 Å². The van der Waals surface area contributed by atoms with Crippen LogP contribution < -0.4 is 10.9 Å². The third-order valence-corrected chi connectivity index (χ3v) is 4.06. The third-order valence-electron chi connectivity index (χ3n) is 4.06. The van der Waals surface area contributed by atoms with Crippen LogP contribution in [0.2, 0.25) is 0 Å². The van der Waals surface area contributed by atoms with Crippen molar-refractivity contribution in [2.24, 2.45) is 11.3 Å². The molecule has 0 saturated heterocycles. The van der Waals surface area contributed by atoms with Crippen molar-refractivity contribution in [2.45, 2.75) is 40.0 Å². The standard InChI is InChI=1S/C16H23N3O2/c1-16(2,3)12-7-9-13(10-8-12)17-18-14-5-4-6-15(11-14)19(20)21/h4-6,9,11-12,17-18H,7-8,10H2,1-3H3/t12-/m0/s1. The van der Waals surface area contributed by atoms with Crippen LogP contribution in [0.5, 0.6) is 0 Å². The summed E-state index contributed by atoms with van der Waals surface area (Å²) in [5.74, 6) is 0.709. The first-order valence-corrected chi connectivity index (χ1v) is 7.32. The van der Waals surface area contributed by atoms with E-state index in [4.69, 9.17) is 0 Å². The number of non-ortho nitro benzene ring substituents is 1. The van der Waals surface area contributed by atoms with Crippen LogP contribution in [-0.2, 0) is 0 Å². The number of allylic oxidation sites excluding steroid dienone is 2. The summed E-state index contributed by atoms with van der Waals surface area (Å²) in [4.78, 5) is 10.3. The topological polar surface area (TPSA) is 67.2 Å². The Labute approximate surface area is 125 Å². The van der Waals surface area contributed by atoms with Crippen molar-refractivity contribution in [3.63, 3.8) is 0 Å². The Hall–Kier alpha value is -2.04. The van der Waals surface area contributed by atoms with E-state index in [1.807, 2.05) is 0 Å². The average Bonchev–Trinajstić information content (AvgIpc) is 2.45. The second-order valence-electron chi connectivity index (χ2n) is 6.62. The molecule has 0 saturated carbocycles. The lowest BCUT2D eigenvalue weighted by molar-refractivity contribution is -0.384. The third kappa shape index (κ3) is 4.21. The molecule has 0 unspecified atom stereocenters. The molecule has 5 heteroatoms. The summed E-state index contributed by atoms with van der Waals surface area (Å²) in [6.07, 6.45) is 5.47. The molecule has 1 atom stereocenters. The molecule has 0 bridgehead atoms. The fourth-order valence-electron chi connectivity index (χ4n) is 2.58. The maximum absolute atomic E-state index is 10.7. The molecule has 0 radical (unpaired) electrons. The Bertz CT molecular complexity index is 547. The van der Waals surface area contributed by atoms with Crippen LogP contribution >= 0.6 is 0 Å². The van der Waals surface area contributed by atoms with Gasteiger partial charge >= 0.3 is 0 Å². The first kappa shape index (κ1) is 15.4. The number of nitro benzene ring substituents is 1. The molecule has 0 aliphatic heterocycles. The van der Waals surface area contributed by atoms with E-state index in [0.717, 1.165) is 18.5 Å². The summed E-state index contributed by atoms with van der Waals surface area (Å²) in [5, 5.41) is 10.7. The summed E-state index contributed by atoms with van der Waals surface area (Å²) < 4.78 is 0. The number of hydrogen-bond acceptors (Lipinski definition) is 4. The molecule has 2 N–H and O–H groups in total. The number of hydrazine groups is 1. The van der Waals surface area contributed by atoms with E-state index in [-0.39, 0.29) is 10.6 Å². The summed E-state index contributed by atoms with van der Waals surface area (Å²) in [6, 6.07) is 6.49. The van der Waals surface area contributed by atoms with Gasteiger partial charge in [-0.1, -0.05) is 32.9 Å². The van der Waals surface area contributed by atoms with Gasteiger partial charge in [0, 0.05) is 17.8 Å². The Balaban J connectivity index is 1.91. The van der Waals surface area contributed by atoms with Gasteiger partial charge in [0.2, 0.25) is 0 Å². The quantitative estimate of drug-likeness (QED) is 0.642. The molecule has 21 heavy (non-hydrogen) atoms. The molecule has 0 amide bonds. The number of nitro groups is 1. The van der Waals surface area contributed by atoms with Crippen molar-refractivity contribution < 1.29 is 4.92 Å². The molecule has 1 aromatic rings. The van der Waals surface area contributed by atoms with E-state index in [1.165, 1.54) is 18.6 Å². The monoisotopic (exact) mass is 289 g/mol. The zero-order valence-electron chi connectivity index (χ0n) is 12.8. The molecule has 0 heterocycles. The average molecular weight is 289 g/mol. The SMILES string of the molecule is CC(C)(C)[C@H]1CC=C(NNc2cccc([N+](=O)[O-])c2)CC1. The summed E-state index contributed by atoms with van der Waals surface area (Å²) in [5.41, 5.74) is 8.49. The minimum Gasteiger partial charge on any atom is -0.305 e. The van der Waals surface area contributed by atoms with Crippen LogP contribution in [-0.4, -0.2) is 4.92 Å². The van der Waals surface area contributed by atoms with Crippen molar-refractivity contribution in [3.05, 3.63) is 46.2 Å². The maximum Gasteiger partial charge on any atom is 0.271 e. The van der Waals surface area contributed by atoms with Crippen LogP contribution in [0, 0.1) is 21.4 Å². The number of benzene rings is 1. The van der Waals surface area contributed by atoms with Crippen molar-refractivity contribution in [3.8, 4) is 0 Å². The minimum atomic E-state index is -0.390. The Morgan fingerprint density at radius 2 is 2.05 bits per heavy atom. The van der Waals surface area contributed by atoms with Gasteiger partial charge in [0.1, 0.15) is 0 Å². The van der Waals surface area contributed by atoms with E-state index in [9.17, 15) is 10.1 Å². The van der Waals surface area contributed by atoms with Gasteiger partial charge < -0.3 is 10.9 Å². The molecule has 0 aromatic heterocycles. The molecule has 114 valence electrons. The number of rotatable bonds is 4. The van der Waals surface area contributed by atoms with E-state index < -0.39 is 0 Å². The van der Waals surface area contributed by atoms with Crippen molar-refractivity contribution >= 4 is 11.4 Å². The highest BCUT2D eigenvalue weighted by Gasteiger charge is 2.26. The molecule has 0 fully saturated rings. The van der Waals surface area contributed by atoms with Crippen LogP contribution in [0.15, 0.2) is 36.0 Å². The van der Waals surface area contributed by atoms with Gasteiger partial charge in [0.05, 0.1) is 10.6 Å². The zero-order chi connectivity index (χ0) is 15.5. The highest BCUT2D eigenvalue weighted by molar-refractivity contribution is 5.50. The van der Waals surface area contributed by atoms with Crippen molar-refractivity contribution in [1.29, 1.82) is 0 Å². The van der Waals surface area contributed by atoms with Crippen LogP contribution in [0.4, 0.5) is 11.4 Å². The van der Waals surface area contributed by atoms with Gasteiger partial charge in [-0.25, -0.2) is 0 Å². The lowest BCUT2D eigenvalue weighted by atomic mass is 9.74. The predicted molar refractivity (Wildman–Crippen MR) is 84.7 cm³/mol. The first-order chi connectivity index (χ1) is 9.86. The molecule has 1 aliphatic rings. The molecule has 1 aromatic carbocycles. The summed E-state index contributed by atoms with van der Waals surface area (Å²) in [6.45, 7) is 6.85. The summed E-state index contributed by atoms with van der Waals surface area (Å²) in [7, 11) is 0. The lowest BCUT2D eigenvalue weighted by Crippen LogP contribution is -2.27. The van der Waals surface area contributed by atoms with Gasteiger partial charge in [-0.2, -0.15) is 0 Å². The van der Waals surface area contributed by atoms with Gasteiger partial charge in [-0.15, -0.1) is 0 Å². The van der Waals surface area contributed by atoms with Crippen LogP contribution in [0.25, 0.3) is 0 Å². The van der Waals surface area contributed by atoms with E-state index in [0.29, 0.717) is 17.0 Å². The van der Waals surface area contributed by atoms with Gasteiger partial charge in [0.25, 0.3) is 5.69 Å². The molecule has 5 nitrogen and oxygen atoms in total. The smallest absolute Gasteiger partial charge is 0.271 e. The van der Waals surface area contributed by atoms with E-state index in [1.54, 1.807) is 12.1 Å². The molecular weight excluding hydrogens is 266 g/mol. The Kier molecular flexibility index (Phi) is 4.50. The predicted octanol–water partition coefficient (Wildman–Crippen LogP) is 4.24.